The van der Waals surface area contributed by atoms with Gasteiger partial charge in [0.25, 0.3) is 0 Å². The quantitative estimate of drug-likeness (QED) is 0.789. The average Bonchev–Trinajstić information content (AvgIpc) is 1.99. The zero-order valence-corrected chi connectivity index (χ0v) is 8.53. The van der Waals surface area contributed by atoms with Gasteiger partial charge < -0.3 is 5.32 Å². The summed E-state index contributed by atoms with van der Waals surface area (Å²) in [5.74, 6) is 0.223. The molecule has 0 spiro atoms. The molecule has 0 unspecified atom stereocenters. The minimum absolute atomic E-state index is 0.307. The fraction of sp³-hybridized carbons (Fsp3) is 0.400. The number of nitrogens with one attached hydrogen (secondary N) is 1. The molecule has 72 valence electrons. The highest BCUT2D eigenvalue weighted by atomic mass is 35.5. The van der Waals surface area contributed by atoms with Crippen LogP contribution in [-0.4, -0.2) is 6.54 Å². The summed E-state index contributed by atoms with van der Waals surface area (Å²) in [5.41, 5.74) is 0.735. The van der Waals surface area contributed by atoms with Crippen molar-refractivity contribution in [1.29, 1.82) is 0 Å². The Morgan fingerprint density at radius 1 is 1.38 bits per heavy atom. The summed E-state index contributed by atoms with van der Waals surface area (Å²) in [7, 11) is 0. The van der Waals surface area contributed by atoms with Crippen molar-refractivity contribution < 1.29 is 4.39 Å². The standard InChI is InChI=1S/C10H13ClFN/c1-7(2)6-13-10-4-8(11)3-9(12)5-10/h3-5,7,13H,6H2,1-2H3. The lowest BCUT2D eigenvalue weighted by atomic mass is 10.2. The van der Waals surface area contributed by atoms with Crippen LogP contribution in [0.1, 0.15) is 13.8 Å². The highest BCUT2D eigenvalue weighted by Crippen LogP contribution is 2.18. The first kappa shape index (κ1) is 10.3. The molecule has 0 aromatic heterocycles. The van der Waals surface area contributed by atoms with E-state index in [9.17, 15) is 4.39 Å². The molecular formula is C10H13ClFN. The smallest absolute Gasteiger partial charge is 0.126 e. The van der Waals surface area contributed by atoms with E-state index >= 15 is 0 Å². The van der Waals surface area contributed by atoms with Gasteiger partial charge >= 0.3 is 0 Å². The second-order valence-corrected chi connectivity index (χ2v) is 3.87. The summed E-state index contributed by atoms with van der Waals surface area (Å²) in [6.45, 7) is 5.00. The molecule has 0 bridgehead atoms. The van der Waals surface area contributed by atoms with Gasteiger partial charge in [0, 0.05) is 17.3 Å². The van der Waals surface area contributed by atoms with Gasteiger partial charge in [-0.1, -0.05) is 25.4 Å². The maximum Gasteiger partial charge on any atom is 0.126 e. The van der Waals surface area contributed by atoms with E-state index in [-0.39, 0.29) is 5.82 Å². The lowest BCUT2D eigenvalue weighted by Gasteiger charge is -2.08. The van der Waals surface area contributed by atoms with Crippen molar-refractivity contribution in [3.8, 4) is 0 Å². The summed E-state index contributed by atoms with van der Waals surface area (Å²) in [6, 6.07) is 4.45. The first-order chi connectivity index (χ1) is 6.08. The molecular weight excluding hydrogens is 189 g/mol. The second-order valence-electron chi connectivity index (χ2n) is 3.43. The summed E-state index contributed by atoms with van der Waals surface area (Å²) in [6.07, 6.45) is 0. The first-order valence-electron chi connectivity index (χ1n) is 4.28. The highest BCUT2D eigenvalue weighted by Gasteiger charge is 1.99. The van der Waals surface area contributed by atoms with E-state index < -0.39 is 0 Å². The van der Waals surface area contributed by atoms with Crippen LogP contribution in [0.4, 0.5) is 10.1 Å². The van der Waals surface area contributed by atoms with Crippen LogP contribution in [0.15, 0.2) is 18.2 Å². The molecule has 0 aliphatic rings. The Hall–Kier alpha value is -0.760. The molecule has 1 rings (SSSR count). The third-order valence-electron chi connectivity index (χ3n) is 1.58. The Bertz CT molecular complexity index is 266. The van der Waals surface area contributed by atoms with Crippen LogP contribution in [0, 0.1) is 11.7 Å². The van der Waals surface area contributed by atoms with Crippen molar-refractivity contribution in [3.63, 3.8) is 0 Å². The van der Waals surface area contributed by atoms with Gasteiger partial charge in [-0.25, -0.2) is 4.39 Å². The zero-order chi connectivity index (χ0) is 9.84. The van der Waals surface area contributed by atoms with Gasteiger partial charge in [0.1, 0.15) is 5.82 Å². The third kappa shape index (κ3) is 3.64. The Morgan fingerprint density at radius 3 is 2.62 bits per heavy atom. The maximum atomic E-state index is 12.8. The normalized spacial score (nSPS) is 10.5. The fourth-order valence-electron chi connectivity index (χ4n) is 0.978. The lowest BCUT2D eigenvalue weighted by molar-refractivity contribution is 0.627. The van der Waals surface area contributed by atoms with E-state index in [1.807, 2.05) is 0 Å². The summed E-state index contributed by atoms with van der Waals surface area (Å²) in [4.78, 5) is 0. The first-order valence-corrected chi connectivity index (χ1v) is 4.65. The van der Waals surface area contributed by atoms with Crippen LogP contribution in [-0.2, 0) is 0 Å². The number of rotatable bonds is 3. The van der Waals surface area contributed by atoms with E-state index in [0.717, 1.165) is 12.2 Å². The molecule has 0 fully saturated rings. The van der Waals surface area contributed by atoms with Gasteiger partial charge in [0.15, 0.2) is 0 Å². The molecule has 1 nitrogen and oxygen atoms in total. The number of halogens is 2. The van der Waals surface area contributed by atoms with E-state index in [0.29, 0.717) is 10.9 Å². The number of hydrogen-bond acceptors (Lipinski definition) is 1. The third-order valence-corrected chi connectivity index (χ3v) is 1.80. The molecule has 0 heterocycles. The molecule has 0 amide bonds. The molecule has 1 aromatic carbocycles. The number of anilines is 1. The van der Waals surface area contributed by atoms with Crippen LogP contribution in [0.2, 0.25) is 5.02 Å². The fourth-order valence-corrected chi connectivity index (χ4v) is 1.20. The van der Waals surface area contributed by atoms with Gasteiger partial charge in [-0.15, -0.1) is 0 Å². The van der Waals surface area contributed by atoms with Crippen molar-refractivity contribution in [2.24, 2.45) is 5.92 Å². The minimum atomic E-state index is -0.307. The number of hydrogen-bond donors (Lipinski definition) is 1. The van der Waals surface area contributed by atoms with Crippen LogP contribution in [0.5, 0.6) is 0 Å². The maximum absolute atomic E-state index is 12.8. The molecule has 13 heavy (non-hydrogen) atoms. The average molecular weight is 202 g/mol. The van der Waals surface area contributed by atoms with Gasteiger partial charge in [-0.05, 0) is 24.1 Å². The molecule has 0 radical (unpaired) electrons. The predicted molar refractivity (Wildman–Crippen MR) is 54.7 cm³/mol. The van der Waals surface area contributed by atoms with E-state index in [1.165, 1.54) is 12.1 Å². The summed E-state index contributed by atoms with van der Waals surface area (Å²) < 4.78 is 12.8. The predicted octanol–water partition coefficient (Wildman–Crippen LogP) is 3.55. The van der Waals surface area contributed by atoms with Crippen molar-refractivity contribution >= 4 is 17.3 Å². The number of benzene rings is 1. The van der Waals surface area contributed by atoms with Crippen molar-refractivity contribution in [3.05, 3.63) is 29.0 Å². The topological polar surface area (TPSA) is 12.0 Å². The van der Waals surface area contributed by atoms with Crippen LogP contribution in [0.3, 0.4) is 0 Å². The zero-order valence-electron chi connectivity index (χ0n) is 7.77. The molecule has 1 N–H and O–H groups in total. The molecule has 1 aromatic rings. The molecule has 0 aliphatic carbocycles. The Kier molecular flexibility index (Phi) is 3.55. The monoisotopic (exact) mass is 201 g/mol. The molecule has 0 saturated carbocycles. The highest BCUT2D eigenvalue weighted by molar-refractivity contribution is 6.30. The van der Waals surface area contributed by atoms with Gasteiger partial charge in [0.05, 0.1) is 0 Å². The summed E-state index contributed by atoms with van der Waals surface area (Å²) in [5, 5.41) is 3.52. The lowest BCUT2D eigenvalue weighted by Crippen LogP contribution is -2.07. The Morgan fingerprint density at radius 2 is 2.08 bits per heavy atom. The van der Waals surface area contributed by atoms with Gasteiger partial charge in [0.2, 0.25) is 0 Å². The summed E-state index contributed by atoms with van der Waals surface area (Å²) >= 11 is 5.69. The molecule has 3 heteroatoms. The Balaban J connectivity index is 2.66. The largest absolute Gasteiger partial charge is 0.385 e. The van der Waals surface area contributed by atoms with E-state index in [2.05, 4.69) is 19.2 Å². The molecule has 0 saturated heterocycles. The Labute approximate surface area is 82.9 Å². The van der Waals surface area contributed by atoms with Gasteiger partial charge in [-0.2, -0.15) is 0 Å². The van der Waals surface area contributed by atoms with Crippen LogP contribution in [0.25, 0.3) is 0 Å². The SMILES string of the molecule is CC(C)CNc1cc(F)cc(Cl)c1. The van der Waals surface area contributed by atoms with Crippen LogP contribution >= 0.6 is 11.6 Å². The van der Waals surface area contributed by atoms with Gasteiger partial charge in [-0.3, -0.25) is 0 Å². The van der Waals surface area contributed by atoms with Crippen molar-refractivity contribution in [1.82, 2.24) is 0 Å². The van der Waals surface area contributed by atoms with Crippen LogP contribution < -0.4 is 5.32 Å². The van der Waals surface area contributed by atoms with Crippen molar-refractivity contribution in [2.45, 2.75) is 13.8 Å². The second kappa shape index (κ2) is 4.47. The molecule has 0 aliphatic heterocycles. The van der Waals surface area contributed by atoms with E-state index in [1.54, 1.807) is 6.07 Å². The van der Waals surface area contributed by atoms with Crippen molar-refractivity contribution in [2.75, 3.05) is 11.9 Å². The van der Waals surface area contributed by atoms with E-state index in [4.69, 9.17) is 11.6 Å². The minimum Gasteiger partial charge on any atom is -0.385 e. The molecule has 0 atom stereocenters.